The molecular weight excluding hydrogens is 134 g/mol. The topological polar surface area (TPSA) is 12.0 Å². The van der Waals surface area contributed by atoms with E-state index in [1.807, 2.05) is 0 Å². The van der Waals surface area contributed by atoms with Crippen molar-refractivity contribution in [3.05, 3.63) is 0 Å². The fraction of sp³-hybridized carbons (Fsp3) is 1.00. The van der Waals surface area contributed by atoms with Crippen molar-refractivity contribution in [3.63, 3.8) is 0 Å². The van der Waals surface area contributed by atoms with Gasteiger partial charge in [-0.15, -0.1) is 0 Å². The standard InChI is InChI=1S/C10H21N/c1-3-4-5-9-11-10(2)7-6-8-10/h11H,3-9H2,1-2H3. The smallest absolute Gasteiger partial charge is 0.0153 e. The summed E-state index contributed by atoms with van der Waals surface area (Å²) in [7, 11) is 0. The molecule has 0 aromatic rings. The van der Waals surface area contributed by atoms with Crippen LogP contribution in [0.15, 0.2) is 0 Å². The predicted molar refractivity (Wildman–Crippen MR) is 49.8 cm³/mol. The third-order valence-electron chi connectivity index (χ3n) is 2.79. The van der Waals surface area contributed by atoms with E-state index in [0.29, 0.717) is 5.54 Å². The van der Waals surface area contributed by atoms with Crippen LogP contribution in [0, 0.1) is 0 Å². The summed E-state index contributed by atoms with van der Waals surface area (Å²) >= 11 is 0. The lowest BCUT2D eigenvalue weighted by atomic mass is 9.78. The van der Waals surface area contributed by atoms with E-state index in [4.69, 9.17) is 0 Å². The summed E-state index contributed by atoms with van der Waals surface area (Å²) in [6.07, 6.45) is 8.27. The van der Waals surface area contributed by atoms with E-state index in [1.165, 1.54) is 45.1 Å². The first-order valence-corrected chi connectivity index (χ1v) is 5.02. The minimum Gasteiger partial charge on any atom is -0.312 e. The van der Waals surface area contributed by atoms with E-state index in [-0.39, 0.29) is 0 Å². The van der Waals surface area contributed by atoms with Crippen molar-refractivity contribution in [2.45, 2.75) is 57.9 Å². The summed E-state index contributed by atoms with van der Waals surface area (Å²) in [5.41, 5.74) is 0.522. The SMILES string of the molecule is CCCCCNC1(C)CCC1. The van der Waals surface area contributed by atoms with Crippen LogP contribution in [-0.2, 0) is 0 Å². The van der Waals surface area contributed by atoms with Gasteiger partial charge < -0.3 is 5.32 Å². The number of hydrogen-bond donors (Lipinski definition) is 1. The summed E-state index contributed by atoms with van der Waals surface area (Å²) in [6, 6.07) is 0. The lowest BCUT2D eigenvalue weighted by molar-refractivity contribution is 0.208. The van der Waals surface area contributed by atoms with Crippen LogP contribution in [0.25, 0.3) is 0 Å². The number of hydrogen-bond acceptors (Lipinski definition) is 1. The Bertz CT molecular complexity index is 105. The maximum atomic E-state index is 3.63. The molecule has 1 rings (SSSR count). The fourth-order valence-electron chi connectivity index (χ4n) is 1.65. The number of nitrogens with one attached hydrogen (secondary N) is 1. The molecule has 11 heavy (non-hydrogen) atoms. The van der Waals surface area contributed by atoms with Gasteiger partial charge in [0.15, 0.2) is 0 Å². The maximum Gasteiger partial charge on any atom is 0.0153 e. The summed E-state index contributed by atoms with van der Waals surface area (Å²) < 4.78 is 0. The zero-order valence-electron chi connectivity index (χ0n) is 7.95. The highest BCUT2D eigenvalue weighted by Gasteiger charge is 2.30. The summed E-state index contributed by atoms with van der Waals surface area (Å²) in [4.78, 5) is 0. The Morgan fingerprint density at radius 3 is 2.45 bits per heavy atom. The van der Waals surface area contributed by atoms with Crippen molar-refractivity contribution in [2.75, 3.05) is 6.54 Å². The Labute approximate surface area is 70.6 Å². The highest BCUT2D eigenvalue weighted by Crippen LogP contribution is 2.30. The molecule has 0 aromatic carbocycles. The van der Waals surface area contributed by atoms with Gasteiger partial charge in [-0.2, -0.15) is 0 Å². The van der Waals surface area contributed by atoms with Crippen LogP contribution in [0.4, 0.5) is 0 Å². The molecule has 0 bridgehead atoms. The van der Waals surface area contributed by atoms with Crippen molar-refractivity contribution in [2.24, 2.45) is 0 Å². The number of unbranched alkanes of at least 4 members (excludes halogenated alkanes) is 2. The van der Waals surface area contributed by atoms with Crippen LogP contribution in [0.1, 0.15) is 52.4 Å². The summed E-state index contributed by atoms with van der Waals surface area (Å²) in [5, 5.41) is 3.63. The zero-order chi connectivity index (χ0) is 8.16. The molecule has 1 aliphatic carbocycles. The van der Waals surface area contributed by atoms with Crippen LogP contribution in [-0.4, -0.2) is 12.1 Å². The van der Waals surface area contributed by atoms with Gasteiger partial charge in [0, 0.05) is 5.54 Å². The molecule has 0 heterocycles. The van der Waals surface area contributed by atoms with Gasteiger partial charge in [-0.25, -0.2) is 0 Å². The lowest BCUT2D eigenvalue weighted by Gasteiger charge is -2.39. The van der Waals surface area contributed by atoms with Gasteiger partial charge in [0.05, 0.1) is 0 Å². The van der Waals surface area contributed by atoms with Gasteiger partial charge in [0.25, 0.3) is 0 Å². The molecule has 1 N–H and O–H groups in total. The van der Waals surface area contributed by atoms with Gasteiger partial charge in [-0.3, -0.25) is 0 Å². The molecule has 0 aliphatic heterocycles. The average Bonchev–Trinajstić information content (AvgIpc) is 1.95. The average molecular weight is 155 g/mol. The molecule has 0 amide bonds. The quantitative estimate of drug-likeness (QED) is 0.602. The maximum absolute atomic E-state index is 3.63. The monoisotopic (exact) mass is 155 g/mol. The van der Waals surface area contributed by atoms with Crippen molar-refractivity contribution < 1.29 is 0 Å². The molecule has 0 unspecified atom stereocenters. The Morgan fingerprint density at radius 2 is 2.00 bits per heavy atom. The van der Waals surface area contributed by atoms with Gasteiger partial charge in [-0.05, 0) is 39.2 Å². The normalized spacial score (nSPS) is 21.3. The van der Waals surface area contributed by atoms with E-state index in [1.54, 1.807) is 0 Å². The van der Waals surface area contributed by atoms with E-state index < -0.39 is 0 Å². The minimum absolute atomic E-state index is 0.522. The predicted octanol–water partition coefficient (Wildman–Crippen LogP) is 2.71. The van der Waals surface area contributed by atoms with E-state index in [2.05, 4.69) is 19.2 Å². The first-order valence-electron chi connectivity index (χ1n) is 5.02. The molecule has 1 aliphatic rings. The molecule has 0 radical (unpaired) electrons. The van der Waals surface area contributed by atoms with Crippen LogP contribution in [0.5, 0.6) is 0 Å². The van der Waals surface area contributed by atoms with Gasteiger partial charge >= 0.3 is 0 Å². The molecule has 1 nitrogen and oxygen atoms in total. The molecular formula is C10H21N. The largest absolute Gasteiger partial charge is 0.312 e. The first-order chi connectivity index (χ1) is 5.27. The molecule has 66 valence electrons. The van der Waals surface area contributed by atoms with Crippen LogP contribution in [0.2, 0.25) is 0 Å². The second kappa shape index (κ2) is 4.10. The van der Waals surface area contributed by atoms with Gasteiger partial charge in [-0.1, -0.05) is 19.8 Å². The molecule has 1 fully saturated rings. The van der Waals surface area contributed by atoms with Gasteiger partial charge in [0.1, 0.15) is 0 Å². The minimum atomic E-state index is 0.522. The first kappa shape index (κ1) is 9.05. The Morgan fingerprint density at radius 1 is 1.27 bits per heavy atom. The molecule has 0 atom stereocenters. The highest BCUT2D eigenvalue weighted by atomic mass is 15.0. The van der Waals surface area contributed by atoms with E-state index in [0.717, 1.165) is 0 Å². The highest BCUT2D eigenvalue weighted by molar-refractivity contribution is 4.90. The van der Waals surface area contributed by atoms with Crippen LogP contribution >= 0.6 is 0 Å². The second-order valence-electron chi connectivity index (χ2n) is 4.05. The molecule has 0 saturated heterocycles. The molecule has 1 saturated carbocycles. The Hall–Kier alpha value is -0.0400. The summed E-state index contributed by atoms with van der Waals surface area (Å²) in [6.45, 7) is 5.83. The third kappa shape index (κ3) is 2.82. The molecule has 0 spiro atoms. The number of rotatable bonds is 5. The van der Waals surface area contributed by atoms with Crippen molar-refractivity contribution in [1.82, 2.24) is 5.32 Å². The fourth-order valence-corrected chi connectivity index (χ4v) is 1.65. The lowest BCUT2D eigenvalue weighted by Crippen LogP contribution is -2.48. The second-order valence-corrected chi connectivity index (χ2v) is 4.05. The Kier molecular flexibility index (Phi) is 3.38. The molecule has 1 heteroatoms. The third-order valence-corrected chi connectivity index (χ3v) is 2.79. The zero-order valence-corrected chi connectivity index (χ0v) is 7.95. The van der Waals surface area contributed by atoms with Crippen LogP contribution in [0.3, 0.4) is 0 Å². The molecule has 0 aromatic heterocycles. The Balaban J connectivity index is 1.94. The van der Waals surface area contributed by atoms with Crippen molar-refractivity contribution in [1.29, 1.82) is 0 Å². The van der Waals surface area contributed by atoms with Crippen molar-refractivity contribution >= 4 is 0 Å². The van der Waals surface area contributed by atoms with Crippen molar-refractivity contribution in [3.8, 4) is 0 Å². The summed E-state index contributed by atoms with van der Waals surface area (Å²) in [5.74, 6) is 0. The van der Waals surface area contributed by atoms with E-state index >= 15 is 0 Å². The van der Waals surface area contributed by atoms with Gasteiger partial charge in [0.2, 0.25) is 0 Å². The van der Waals surface area contributed by atoms with E-state index in [9.17, 15) is 0 Å². The van der Waals surface area contributed by atoms with Crippen LogP contribution < -0.4 is 5.32 Å².